The van der Waals surface area contributed by atoms with Crippen LogP contribution in [0.3, 0.4) is 0 Å². The molecule has 0 aliphatic rings. The van der Waals surface area contributed by atoms with Gasteiger partial charge in [-0.05, 0) is 50.2 Å². The monoisotopic (exact) mass is 355 g/mol. The maximum absolute atomic E-state index is 5.36. The predicted octanol–water partition coefficient (Wildman–Crippen LogP) is 4.18. The minimum Gasteiger partial charge on any atom is -0.416 e. The number of hydrogen-bond donors (Lipinski definition) is 1. The lowest BCUT2D eigenvalue weighted by molar-refractivity contribution is 0.424. The van der Waals surface area contributed by atoms with Gasteiger partial charge in [-0.15, -0.1) is 10.2 Å². The van der Waals surface area contributed by atoms with Crippen LogP contribution in [0.2, 0.25) is 0 Å². The van der Waals surface area contributed by atoms with Crippen LogP contribution in [0, 0.1) is 6.92 Å². The van der Waals surface area contributed by atoms with Crippen LogP contribution in [0.1, 0.15) is 32.2 Å². The van der Waals surface area contributed by atoms with Gasteiger partial charge in [0, 0.05) is 28.4 Å². The molecule has 1 N–H and O–H groups in total. The summed E-state index contributed by atoms with van der Waals surface area (Å²) in [6.07, 6.45) is 0. The van der Waals surface area contributed by atoms with Gasteiger partial charge in [0.2, 0.25) is 5.89 Å². The molecule has 0 fully saturated rings. The highest BCUT2D eigenvalue weighted by Crippen LogP contribution is 2.30. The first-order valence-electron chi connectivity index (χ1n) is 6.35. The Labute approximate surface area is 131 Å². The average Bonchev–Trinajstić information content (AvgIpc) is 2.72. The number of nitrogens with zero attached hydrogens (tertiary/aromatic N) is 2. The molecule has 0 saturated carbocycles. The molecule has 2 aromatic rings. The van der Waals surface area contributed by atoms with E-state index in [1.54, 1.807) is 6.92 Å². The van der Waals surface area contributed by atoms with Crippen molar-refractivity contribution in [2.75, 3.05) is 0 Å². The van der Waals surface area contributed by atoms with Gasteiger partial charge in [-0.1, -0.05) is 22.0 Å². The fraction of sp³-hybridized carbons (Fsp3) is 0.429. The van der Waals surface area contributed by atoms with Crippen molar-refractivity contribution in [1.82, 2.24) is 15.5 Å². The van der Waals surface area contributed by atoms with E-state index in [4.69, 9.17) is 4.42 Å². The van der Waals surface area contributed by atoms with Crippen LogP contribution in [0.5, 0.6) is 0 Å². The number of aromatic nitrogens is 2. The fourth-order valence-corrected chi connectivity index (χ4v) is 2.94. The van der Waals surface area contributed by atoms with E-state index in [0.717, 1.165) is 15.9 Å². The molecule has 1 aromatic carbocycles. The number of nitrogens with one attached hydrogen (secondary N) is 1. The Kier molecular flexibility index (Phi) is 4.88. The van der Waals surface area contributed by atoms with Gasteiger partial charge < -0.3 is 9.73 Å². The van der Waals surface area contributed by atoms with E-state index in [9.17, 15) is 0 Å². The zero-order chi connectivity index (χ0) is 14.8. The number of benzene rings is 1. The van der Waals surface area contributed by atoms with Crippen molar-refractivity contribution in [2.24, 2.45) is 0 Å². The highest BCUT2D eigenvalue weighted by atomic mass is 79.9. The summed E-state index contributed by atoms with van der Waals surface area (Å²) in [6, 6.07) is 6.24. The van der Waals surface area contributed by atoms with Gasteiger partial charge >= 0.3 is 0 Å². The van der Waals surface area contributed by atoms with Gasteiger partial charge in [-0.25, -0.2) is 0 Å². The third kappa shape index (κ3) is 4.61. The largest absolute Gasteiger partial charge is 0.416 e. The van der Waals surface area contributed by atoms with Crippen LogP contribution in [0.25, 0.3) is 0 Å². The van der Waals surface area contributed by atoms with Gasteiger partial charge in [0.25, 0.3) is 5.22 Å². The van der Waals surface area contributed by atoms with Crippen molar-refractivity contribution in [3.05, 3.63) is 34.1 Å². The SMILES string of the molecule is Cc1nnc(Sc2ccc(CNC(C)(C)C)c(Br)c2)o1. The molecule has 0 saturated heterocycles. The summed E-state index contributed by atoms with van der Waals surface area (Å²) in [6.45, 7) is 9.08. The lowest BCUT2D eigenvalue weighted by atomic mass is 10.1. The molecule has 6 heteroatoms. The third-order valence-electron chi connectivity index (χ3n) is 2.55. The molecule has 0 bridgehead atoms. The Morgan fingerprint density at radius 2 is 2.05 bits per heavy atom. The molecule has 0 aliphatic heterocycles. The van der Waals surface area contributed by atoms with Crippen LogP contribution in [-0.2, 0) is 6.54 Å². The highest BCUT2D eigenvalue weighted by molar-refractivity contribution is 9.10. The van der Waals surface area contributed by atoms with Crippen LogP contribution in [-0.4, -0.2) is 15.7 Å². The van der Waals surface area contributed by atoms with Crippen molar-refractivity contribution in [3.63, 3.8) is 0 Å². The van der Waals surface area contributed by atoms with Gasteiger partial charge in [0.05, 0.1) is 0 Å². The van der Waals surface area contributed by atoms with E-state index in [0.29, 0.717) is 11.1 Å². The van der Waals surface area contributed by atoms with Crippen molar-refractivity contribution >= 4 is 27.7 Å². The first kappa shape index (κ1) is 15.5. The Morgan fingerprint density at radius 1 is 1.30 bits per heavy atom. The van der Waals surface area contributed by atoms with Crippen LogP contribution >= 0.6 is 27.7 Å². The van der Waals surface area contributed by atoms with Gasteiger partial charge in [0.1, 0.15) is 0 Å². The lowest BCUT2D eigenvalue weighted by Gasteiger charge is -2.21. The maximum atomic E-state index is 5.36. The molecule has 0 radical (unpaired) electrons. The first-order valence-corrected chi connectivity index (χ1v) is 7.96. The van der Waals surface area contributed by atoms with Crippen LogP contribution in [0.4, 0.5) is 0 Å². The maximum Gasteiger partial charge on any atom is 0.281 e. The number of hydrogen-bond acceptors (Lipinski definition) is 5. The second kappa shape index (κ2) is 6.28. The minimum atomic E-state index is 0.105. The van der Waals surface area contributed by atoms with E-state index in [1.807, 2.05) is 0 Å². The zero-order valence-electron chi connectivity index (χ0n) is 12.0. The third-order valence-corrected chi connectivity index (χ3v) is 4.11. The van der Waals surface area contributed by atoms with Gasteiger partial charge in [0.15, 0.2) is 0 Å². The van der Waals surface area contributed by atoms with E-state index >= 15 is 0 Å². The highest BCUT2D eigenvalue weighted by Gasteiger charge is 2.11. The summed E-state index contributed by atoms with van der Waals surface area (Å²) in [5.74, 6) is 0.581. The normalized spacial score (nSPS) is 11.8. The number of halogens is 1. The van der Waals surface area contributed by atoms with E-state index in [2.05, 4.69) is 70.4 Å². The quantitative estimate of drug-likeness (QED) is 0.891. The predicted molar refractivity (Wildman–Crippen MR) is 83.9 cm³/mol. The first-order chi connectivity index (χ1) is 9.33. The minimum absolute atomic E-state index is 0.105. The molecular weight excluding hydrogens is 338 g/mol. The second-order valence-corrected chi connectivity index (χ2v) is 7.42. The van der Waals surface area contributed by atoms with E-state index < -0.39 is 0 Å². The molecule has 2 rings (SSSR count). The second-order valence-electron chi connectivity index (χ2n) is 5.55. The van der Waals surface area contributed by atoms with Crippen LogP contribution < -0.4 is 5.32 Å². The van der Waals surface area contributed by atoms with Crippen molar-refractivity contribution < 1.29 is 4.42 Å². The van der Waals surface area contributed by atoms with E-state index in [-0.39, 0.29) is 5.54 Å². The molecule has 4 nitrogen and oxygen atoms in total. The summed E-state index contributed by atoms with van der Waals surface area (Å²) < 4.78 is 6.44. The Hall–Kier alpha value is -0.850. The average molecular weight is 356 g/mol. The molecular formula is C14H18BrN3OS. The van der Waals surface area contributed by atoms with Gasteiger partial charge in [-0.2, -0.15) is 0 Å². The molecule has 20 heavy (non-hydrogen) atoms. The summed E-state index contributed by atoms with van der Waals surface area (Å²) >= 11 is 5.08. The fourth-order valence-electron chi connectivity index (χ4n) is 1.52. The standard InChI is InChI=1S/C14H18BrN3OS/c1-9-17-18-13(19-9)20-11-6-5-10(12(15)7-11)8-16-14(2,3)4/h5-7,16H,8H2,1-4H3. The van der Waals surface area contributed by atoms with Crippen molar-refractivity contribution in [1.29, 1.82) is 0 Å². The summed E-state index contributed by atoms with van der Waals surface area (Å²) in [4.78, 5) is 1.07. The molecule has 0 atom stereocenters. The van der Waals surface area contributed by atoms with Crippen molar-refractivity contribution in [3.8, 4) is 0 Å². The number of aryl methyl sites for hydroxylation is 1. The summed E-state index contributed by atoms with van der Waals surface area (Å²) in [5.41, 5.74) is 1.33. The molecule has 0 aliphatic carbocycles. The topological polar surface area (TPSA) is 51.0 Å². The van der Waals surface area contributed by atoms with Gasteiger partial charge in [-0.3, -0.25) is 0 Å². The lowest BCUT2D eigenvalue weighted by Crippen LogP contribution is -2.35. The Balaban J connectivity index is 2.05. The molecule has 108 valence electrons. The molecule has 0 unspecified atom stereocenters. The smallest absolute Gasteiger partial charge is 0.281 e. The zero-order valence-corrected chi connectivity index (χ0v) is 14.4. The Bertz CT molecular complexity index is 592. The number of rotatable bonds is 4. The van der Waals surface area contributed by atoms with Crippen molar-refractivity contribution in [2.45, 2.75) is 49.9 Å². The summed E-state index contributed by atoms with van der Waals surface area (Å²) in [5, 5.41) is 11.8. The Morgan fingerprint density at radius 3 is 2.60 bits per heavy atom. The molecule has 0 spiro atoms. The molecule has 1 aromatic heterocycles. The van der Waals surface area contributed by atoms with E-state index in [1.165, 1.54) is 17.3 Å². The summed E-state index contributed by atoms with van der Waals surface area (Å²) in [7, 11) is 0. The molecule has 0 amide bonds. The molecule has 1 heterocycles. The van der Waals surface area contributed by atoms with Crippen LogP contribution in [0.15, 0.2) is 37.2 Å².